The van der Waals surface area contributed by atoms with Crippen LogP contribution >= 0.6 is 0 Å². The zero-order chi connectivity index (χ0) is 22.8. The number of hydrogen-bond donors (Lipinski definition) is 1. The van der Waals surface area contributed by atoms with E-state index in [1.807, 2.05) is 19.1 Å². The van der Waals surface area contributed by atoms with Crippen molar-refractivity contribution >= 4 is 17.9 Å². The van der Waals surface area contributed by atoms with E-state index < -0.39 is 0 Å². The number of methoxy groups -OCH3 is 1. The highest BCUT2D eigenvalue weighted by atomic mass is 16.5. The Morgan fingerprint density at radius 2 is 2.09 bits per heavy atom. The summed E-state index contributed by atoms with van der Waals surface area (Å²) in [5, 5.41) is 9.68. The van der Waals surface area contributed by atoms with Crippen LogP contribution in [0.2, 0.25) is 0 Å². The number of benzene rings is 1. The highest BCUT2D eigenvalue weighted by Crippen LogP contribution is 2.49. The van der Waals surface area contributed by atoms with Gasteiger partial charge in [0.25, 0.3) is 0 Å². The molecule has 6 nitrogen and oxygen atoms in total. The Bertz CT molecular complexity index is 949. The Morgan fingerprint density at radius 3 is 2.81 bits per heavy atom. The average Bonchev–Trinajstić information content (AvgIpc) is 3.28. The van der Waals surface area contributed by atoms with Gasteiger partial charge < -0.3 is 14.6 Å². The van der Waals surface area contributed by atoms with E-state index in [9.17, 15) is 14.7 Å². The minimum Gasteiger partial charge on any atom is -0.508 e. The molecule has 0 aromatic heterocycles. The molecule has 0 bridgehead atoms. The van der Waals surface area contributed by atoms with Gasteiger partial charge in [0.15, 0.2) is 0 Å². The normalized spacial score (nSPS) is 27.8. The van der Waals surface area contributed by atoms with E-state index in [4.69, 9.17) is 9.47 Å². The summed E-state index contributed by atoms with van der Waals surface area (Å²) in [7, 11) is 1.67. The Morgan fingerprint density at radius 1 is 1.28 bits per heavy atom. The number of aromatic hydroxyl groups is 1. The summed E-state index contributed by atoms with van der Waals surface area (Å²) in [5.41, 5.74) is 4.50. The first-order chi connectivity index (χ1) is 15.4. The molecule has 172 valence electrons. The fraction of sp³-hybridized carbons (Fsp3) is 0.538. The van der Waals surface area contributed by atoms with Gasteiger partial charge in [-0.3, -0.25) is 14.5 Å². The first kappa shape index (κ1) is 22.7. The lowest BCUT2D eigenvalue weighted by Gasteiger charge is -2.31. The fourth-order valence-electron chi connectivity index (χ4n) is 5.62. The van der Waals surface area contributed by atoms with Crippen molar-refractivity contribution in [2.24, 2.45) is 17.8 Å². The van der Waals surface area contributed by atoms with Gasteiger partial charge in [-0.1, -0.05) is 30.7 Å². The van der Waals surface area contributed by atoms with Crippen molar-refractivity contribution in [1.29, 1.82) is 0 Å². The molecule has 2 aliphatic heterocycles. The van der Waals surface area contributed by atoms with Crippen molar-refractivity contribution < 1.29 is 24.2 Å². The number of amides is 2. The maximum absolute atomic E-state index is 13.1. The second kappa shape index (κ2) is 9.59. The molecule has 1 aromatic carbocycles. The molecule has 0 radical (unpaired) electrons. The molecule has 0 unspecified atom stereocenters. The van der Waals surface area contributed by atoms with Crippen LogP contribution in [0.25, 0.3) is 6.08 Å². The molecule has 4 atom stereocenters. The number of carbonyl (C=O) groups excluding carboxylic acids is 2. The second-order valence-electron chi connectivity index (χ2n) is 9.21. The van der Waals surface area contributed by atoms with Crippen molar-refractivity contribution in [3.63, 3.8) is 0 Å². The third-order valence-corrected chi connectivity index (χ3v) is 6.95. The lowest BCUT2D eigenvalue weighted by atomic mass is 9.69. The van der Waals surface area contributed by atoms with Gasteiger partial charge in [0, 0.05) is 19.6 Å². The number of ether oxygens (including phenoxy) is 2. The van der Waals surface area contributed by atoms with Crippen LogP contribution in [0.15, 0.2) is 41.0 Å². The van der Waals surface area contributed by atoms with Gasteiger partial charge in [-0.2, -0.15) is 0 Å². The van der Waals surface area contributed by atoms with Crippen LogP contribution in [0.5, 0.6) is 5.75 Å². The molecule has 1 aliphatic carbocycles. The fourth-order valence-corrected chi connectivity index (χ4v) is 5.62. The van der Waals surface area contributed by atoms with E-state index in [-0.39, 0.29) is 41.4 Å². The van der Waals surface area contributed by atoms with Gasteiger partial charge in [0.2, 0.25) is 11.8 Å². The van der Waals surface area contributed by atoms with Gasteiger partial charge in [-0.25, -0.2) is 0 Å². The maximum atomic E-state index is 13.1. The lowest BCUT2D eigenvalue weighted by Crippen LogP contribution is -2.35. The second-order valence-corrected chi connectivity index (χ2v) is 9.21. The zero-order valence-corrected chi connectivity index (χ0v) is 19.2. The maximum Gasteiger partial charge on any atom is 0.233 e. The minimum absolute atomic E-state index is 0.0231. The van der Waals surface area contributed by atoms with E-state index in [0.717, 1.165) is 30.4 Å². The number of allylic oxidation sites excluding steroid dienone is 1. The number of carbonyl (C=O) groups is 2. The number of fused-ring (bicyclic) bond motifs is 3. The smallest absolute Gasteiger partial charge is 0.233 e. The van der Waals surface area contributed by atoms with E-state index in [1.165, 1.54) is 16.0 Å². The summed E-state index contributed by atoms with van der Waals surface area (Å²) in [6.07, 6.45) is 5.05. The molecule has 1 N–H and O–H groups in total. The lowest BCUT2D eigenvalue weighted by molar-refractivity contribution is -0.140. The summed E-state index contributed by atoms with van der Waals surface area (Å²) < 4.78 is 11.7. The molecule has 2 saturated heterocycles. The number of likely N-dealkylation sites (tertiary alicyclic amines) is 1. The third-order valence-electron chi connectivity index (χ3n) is 6.95. The topological polar surface area (TPSA) is 76.1 Å². The van der Waals surface area contributed by atoms with Gasteiger partial charge >= 0.3 is 0 Å². The Balaban J connectivity index is 1.52. The Kier molecular flexibility index (Phi) is 6.82. The van der Waals surface area contributed by atoms with Crippen molar-refractivity contribution in [2.75, 3.05) is 26.9 Å². The first-order valence-corrected chi connectivity index (χ1v) is 11.6. The molecule has 3 aliphatic rings. The molecular weight excluding hydrogens is 406 g/mol. The quantitative estimate of drug-likeness (QED) is 0.490. The van der Waals surface area contributed by atoms with Crippen LogP contribution < -0.4 is 0 Å². The highest BCUT2D eigenvalue weighted by Gasteiger charge is 2.56. The average molecular weight is 440 g/mol. The summed E-state index contributed by atoms with van der Waals surface area (Å²) >= 11 is 0. The SMILES string of the molecule is CCCN1C(=O)[C@@H]2[C@@H](CC(COC)=C3[C@@H](CC/C(C)=C/c4cccc(O)c4)OC[C@@H]32)C1=O. The molecule has 6 heteroatoms. The molecule has 2 fully saturated rings. The Labute approximate surface area is 189 Å². The number of imide groups is 1. The number of phenols is 1. The first-order valence-electron chi connectivity index (χ1n) is 11.6. The molecule has 2 heterocycles. The molecular formula is C26H33NO5. The van der Waals surface area contributed by atoms with Crippen molar-refractivity contribution in [2.45, 2.75) is 45.6 Å². The molecule has 0 saturated carbocycles. The highest BCUT2D eigenvalue weighted by molar-refractivity contribution is 6.05. The molecule has 0 spiro atoms. The standard InChI is InChI=1S/C26H33NO5/c1-4-10-27-25(29)20-13-18(14-31-3)23-21(24(20)26(27)30)15-32-22(23)9-8-16(2)11-17-6-5-7-19(28)12-17/h5-7,11-12,20-22,24,28H,4,8-10,13-15H2,1-3H3/b16-11+/t20-,21+,22-,24-/m1/s1. The van der Waals surface area contributed by atoms with Crippen LogP contribution in [0.3, 0.4) is 0 Å². The number of rotatable bonds is 8. The molecule has 32 heavy (non-hydrogen) atoms. The number of nitrogens with zero attached hydrogens (tertiary/aromatic N) is 1. The number of hydrogen-bond acceptors (Lipinski definition) is 5. The predicted octanol–water partition coefficient (Wildman–Crippen LogP) is 3.95. The van der Waals surface area contributed by atoms with Crippen LogP contribution in [-0.4, -0.2) is 54.8 Å². The van der Waals surface area contributed by atoms with Crippen LogP contribution in [0.1, 0.15) is 45.1 Å². The summed E-state index contributed by atoms with van der Waals surface area (Å²) in [6.45, 7) is 5.53. The monoisotopic (exact) mass is 439 g/mol. The molecule has 4 rings (SSSR count). The van der Waals surface area contributed by atoms with E-state index in [2.05, 4.69) is 13.0 Å². The summed E-state index contributed by atoms with van der Waals surface area (Å²) in [6, 6.07) is 7.21. The number of phenolic OH excluding ortho intramolecular Hbond substituents is 1. The van der Waals surface area contributed by atoms with Gasteiger partial charge in [-0.05, 0) is 61.4 Å². The van der Waals surface area contributed by atoms with Gasteiger partial charge in [-0.15, -0.1) is 0 Å². The zero-order valence-electron chi connectivity index (χ0n) is 19.2. The minimum atomic E-state index is -0.293. The molecule has 1 aromatic rings. The predicted molar refractivity (Wildman–Crippen MR) is 122 cm³/mol. The molecule has 2 amide bonds. The van der Waals surface area contributed by atoms with E-state index in [1.54, 1.807) is 19.2 Å². The van der Waals surface area contributed by atoms with Crippen molar-refractivity contribution in [3.8, 4) is 5.75 Å². The van der Waals surface area contributed by atoms with Crippen LogP contribution in [-0.2, 0) is 19.1 Å². The van der Waals surface area contributed by atoms with Crippen LogP contribution in [0.4, 0.5) is 0 Å². The third kappa shape index (κ3) is 4.26. The van der Waals surface area contributed by atoms with Crippen molar-refractivity contribution in [3.05, 3.63) is 46.5 Å². The van der Waals surface area contributed by atoms with Crippen molar-refractivity contribution in [1.82, 2.24) is 4.90 Å². The summed E-state index contributed by atoms with van der Waals surface area (Å²) in [5.74, 6) is -0.390. The van der Waals surface area contributed by atoms with Gasteiger partial charge in [0.1, 0.15) is 5.75 Å². The largest absolute Gasteiger partial charge is 0.508 e. The Hall–Kier alpha value is -2.44. The van der Waals surface area contributed by atoms with Gasteiger partial charge in [0.05, 0.1) is 31.2 Å². The van der Waals surface area contributed by atoms with E-state index in [0.29, 0.717) is 26.2 Å². The van der Waals surface area contributed by atoms with E-state index >= 15 is 0 Å². The van der Waals surface area contributed by atoms with Crippen LogP contribution in [0, 0.1) is 17.8 Å². The summed E-state index contributed by atoms with van der Waals surface area (Å²) in [4.78, 5) is 27.5.